The molecule has 1 unspecified atom stereocenters. The van der Waals surface area contributed by atoms with Crippen LogP contribution in [0.2, 0.25) is 0 Å². The molecule has 35 heavy (non-hydrogen) atoms. The Morgan fingerprint density at radius 1 is 1.06 bits per heavy atom. The van der Waals surface area contributed by atoms with Crippen molar-refractivity contribution in [2.75, 3.05) is 11.9 Å². The average molecular weight is 474 g/mol. The summed E-state index contributed by atoms with van der Waals surface area (Å²) in [7, 11) is 0. The van der Waals surface area contributed by atoms with Gasteiger partial charge in [-0.3, -0.25) is 9.78 Å². The maximum atomic E-state index is 14.1. The quantitative estimate of drug-likeness (QED) is 0.355. The minimum absolute atomic E-state index is 0.0293. The SMILES string of the molecule is Cc1ccc(CC(CN=O)Nc2nc(C)c(C(N)=O)cc2F)cc1.Cc1ccc2ncccc2c1. The van der Waals surface area contributed by atoms with E-state index in [9.17, 15) is 14.1 Å². The summed E-state index contributed by atoms with van der Waals surface area (Å²) < 4.78 is 14.1. The Labute approximate surface area is 203 Å². The fourth-order valence-corrected chi connectivity index (χ4v) is 3.58. The van der Waals surface area contributed by atoms with Gasteiger partial charge in [-0.05, 0) is 57.0 Å². The molecule has 180 valence electrons. The first kappa shape index (κ1) is 25.4. The van der Waals surface area contributed by atoms with Gasteiger partial charge in [0, 0.05) is 11.6 Å². The van der Waals surface area contributed by atoms with Gasteiger partial charge >= 0.3 is 0 Å². The third-order valence-corrected chi connectivity index (χ3v) is 5.43. The van der Waals surface area contributed by atoms with Crippen LogP contribution in [0, 0.1) is 31.5 Å². The van der Waals surface area contributed by atoms with Crippen molar-refractivity contribution in [1.82, 2.24) is 9.97 Å². The van der Waals surface area contributed by atoms with Gasteiger partial charge in [0.25, 0.3) is 5.91 Å². The normalized spacial score (nSPS) is 11.3. The van der Waals surface area contributed by atoms with E-state index in [4.69, 9.17) is 5.73 Å². The fraction of sp³-hybridized carbons (Fsp3) is 0.222. The van der Waals surface area contributed by atoms with Crippen LogP contribution in [0.3, 0.4) is 0 Å². The summed E-state index contributed by atoms with van der Waals surface area (Å²) in [4.78, 5) is 30.2. The lowest BCUT2D eigenvalue weighted by molar-refractivity contribution is 0.0999. The molecule has 0 fully saturated rings. The highest BCUT2D eigenvalue weighted by Gasteiger charge is 2.17. The number of nitroso groups, excluding NO2 is 1. The van der Waals surface area contributed by atoms with E-state index >= 15 is 0 Å². The van der Waals surface area contributed by atoms with Crippen LogP contribution in [0.1, 0.15) is 32.7 Å². The van der Waals surface area contributed by atoms with Crippen LogP contribution in [0.25, 0.3) is 10.9 Å². The van der Waals surface area contributed by atoms with Gasteiger partial charge < -0.3 is 11.1 Å². The van der Waals surface area contributed by atoms with Crippen molar-refractivity contribution in [3.8, 4) is 0 Å². The number of carbonyl (C=O) groups is 1. The summed E-state index contributed by atoms with van der Waals surface area (Å²) in [6, 6.07) is 18.8. The second kappa shape index (κ2) is 11.8. The van der Waals surface area contributed by atoms with E-state index in [-0.39, 0.29) is 17.9 Å². The van der Waals surface area contributed by atoms with Crippen molar-refractivity contribution < 1.29 is 9.18 Å². The van der Waals surface area contributed by atoms with Crippen LogP contribution in [0.4, 0.5) is 10.2 Å². The molecule has 8 heteroatoms. The van der Waals surface area contributed by atoms with E-state index in [0.29, 0.717) is 12.1 Å². The number of halogens is 1. The first-order valence-electron chi connectivity index (χ1n) is 11.2. The monoisotopic (exact) mass is 473 g/mol. The Kier molecular flexibility index (Phi) is 8.56. The number of hydrogen-bond donors (Lipinski definition) is 2. The minimum Gasteiger partial charge on any atom is -0.366 e. The zero-order valence-corrected chi connectivity index (χ0v) is 20.0. The van der Waals surface area contributed by atoms with Crippen molar-refractivity contribution in [3.63, 3.8) is 0 Å². The summed E-state index contributed by atoms with van der Waals surface area (Å²) in [5.74, 6) is -1.47. The van der Waals surface area contributed by atoms with E-state index < -0.39 is 17.8 Å². The number of carbonyl (C=O) groups excluding carboxylic acids is 1. The summed E-state index contributed by atoms with van der Waals surface area (Å²) in [5, 5.41) is 7.01. The van der Waals surface area contributed by atoms with Crippen molar-refractivity contribution in [3.05, 3.63) is 106 Å². The molecule has 2 heterocycles. The van der Waals surface area contributed by atoms with Gasteiger partial charge in [0.05, 0.1) is 22.8 Å². The smallest absolute Gasteiger partial charge is 0.250 e. The Balaban J connectivity index is 0.000000256. The Morgan fingerprint density at radius 2 is 1.77 bits per heavy atom. The number of nitrogens with zero attached hydrogens (tertiary/aromatic N) is 3. The highest BCUT2D eigenvalue weighted by Crippen LogP contribution is 2.18. The first-order valence-corrected chi connectivity index (χ1v) is 11.2. The highest BCUT2D eigenvalue weighted by molar-refractivity contribution is 5.94. The number of aryl methyl sites for hydroxylation is 3. The van der Waals surface area contributed by atoms with Gasteiger partial charge in [-0.15, -0.1) is 0 Å². The van der Waals surface area contributed by atoms with Crippen LogP contribution >= 0.6 is 0 Å². The van der Waals surface area contributed by atoms with Gasteiger partial charge in [-0.2, -0.15) is 4.91 Å². The van der Waals surface area contributed by atoms with E-state index in [1.54, 1.807) is 6.92 Å². The molecule has 0 aliphatic rings. The predicted molar refractivity (Wildman–Crippen MR) is 137 cm³/mol. The van der Waals surface area contributed by atoms with E-state index in [1.807, 2.05) is 49.5 Å². The number of benzene rings is 2. The maximum Gasteiger partial charge on any atom is 0.250 e. The van der Waals surface area contributed by atoms with Crippen LogP contribution in [0.15, 0.2) is 72.0 Å². The van der Waals surface area contributed by atoms with Crippen LogP contribution in [0.5, 0.6) is 0 Å². The van der Waals surface area contributed by atoms with Crippen molar-refractivity contribution in [2.24, 2.45) is 10.9 Å². The van der Waals surface area contributed by atoms with Gasteiger partial charge in [0.2, 0.25) is 0 Å². The van der Waals surface area contributed by atoms with E-state index in [2.05, 4.69) is 45.6 Å². The zero-order chi connectivity index (χ0) is 25.4. The molecule has 0 saturated heterocycles. The summed E-state index contributed by atoms with van der Waals surface area (Å²) in [6.07, 6.45) is 2.31. The number of anilines is 1. The molecule has 0 bridgehead atoms. The second-order valence-corrected chi connectivity index (χ2v) is 8.36. The van der Waals surface area contributed by atoms with E-state index in [0.717, 1.165) is 22.7 Å². The molecule has 1 atom stereocenters. The number of primary amides is 1. The zero-order valence-electron chi connectivity index (χ0n) is 20.0. The number of nitrogens with one attached hydrogen (secondary N) is 1. The summed E-state index contributed by atoms with van der Waals surface area (Å²) in [6.45, 7) is 5.60. The molecule has 2 aromatic heterocycles. The molecule has 7 nitrogen and oxygen atoms in total. The number of aromatic nitrogens is 2. The third kappa shape index (κ3) is 7.14. The van der Waals surface area contributed by atoms with Gasteiger partial charge in [-0.1, -0.05) is 52.7 Å². The van der Waals surface area contributed by atoms with E-state index in [1.165, 1.54) is 10.9 Å². The number of pyridine rings is 2. The maximum absolute atomic E-state index is 14.1. The van der Waals surface area contributed by atoms with Gasteiger partial charge in [0.15, 0.2) is 11.6 Å². The largest absolute Gasteiger partial charge is 0.366 e. The average Bonchev–Trinajstić information content (AvgIpc) is 2.83. The fourth-order valence-electron chi connectivity index (χ4n) is 3.58. The third-order valence-electron chi connectivity index (χ3n) is 5.43. The lowest BCUT2D eigenvalue weighted by Crippen LogP contribution is -2.27. The Morgan fingerprint density at radius 3 is 2.46 bits per heavy atom. The van der Waals surface area contributed by atoms with Gasteiger partial charge in [0.1, 0.15) is 6.54 Å². The molecule has 3 N–H and O–H groups in total. The Hall–Kier alpha value is -4.20. The lowest BCUT2D eigenvalue weighted by atomic mass is 10.0. The topological polar surface area (TPSA) is 110 Å². The molecule has 0 aliphatic carbocycles. The molecule has 0 spiro atoms. The van der Waals surface area contributed by atoms with Crippen LogP contribution in [-0.2, 0) is 6.42 Å². The van der Waals surface area contributed by atoms with Crippen LogP contribution < -0.4 is 11.1 Å². The predicted octanol–water partition coefficient (Wildman–Crippen LogP) is 5.27. The highest BCUT2D eigenvalue weighted by atomic mass is 19.1. The number of nitrogens with two attached hydrogens (primary N) is 1. The number of rotatable bonds is 7. The molecule has 4 rings (SSSR count). The molecule has 4 aromatic rings. The molecule has 0 aliphatic heterocycles. The van der Waals surface area contributed by atoms with Crippen molar-refractivity contribution in [1.29, 1.82) is 0 Å². The molecular weight excluding hydrogens is 445 g/mol. The standard InChI is InChI=1S/C17H19FN4O2.C10H9N/c1-10-3-5-12(6-4-10)7-13(9-20-24)22-17-15(18)8-14(16(19)23)11(2)21-17;1-8-4-5-10-9(7-8)3-2-6-11-10/h3-6,8,13H,7,9H2,1-2H3,(H2,19,23)(H,21,22);2-7H,1H3. The number of hydrogen-bond acceptors (Lipinski definition) is 6. The molecule has 1 amide bonds. The van der Waals surface area contributed by atoms with Crippen molar-refractivity contribution in [2.45, 2.75) is 33.2 Å². The summed E-state index contributed by atoms with van der Waals surface area (Å²) >= 11 is 0. The first-order chi connectivity index (χ1) is 16.8. The number of amides is 1. The molecule has 0 saturated carbocycles. The molecular formula is C27H28FN5O2. The lowest BCUT2D eigenvalue weighted by Gasteiger charge is -2.18. The minimum atomic E-state index is -0.740. The van der Waals surface area contributed by atoms with Crippen LogP contribution in [-0.4, -0.2) is 28.5 Å². The van der Waals surface area contributed by atoms with Crippen molar-refractivity contribution >= 4 is 22.6 Å². The molecule has 2 aromatic carbocycles. The molecule has 0 radical (unpaired) electrons. The van der Waals surface area contributed by atoms with Gasteiger partial charge in [-0.25, -0.2) is 9.37 Å². The second-order valence-electron chi connectivity index (χ2n) is 8.36. The summed E-state index contributed by atoms with van der Waals surface area (Å²) in [5.41, 5.74) is 9.99. The Bertz CT molecular complexity index is 1330. The number of fused-ring (bicyclic) bond motifs is 1.